The molecule has 0 spiro atoms. The van der Waals surface area contributed by atoms with Crippen LogP contribution >= 0.6 is 15.9 Å². The van der Waals surface area contributed by atoms with E-state index >= 15 is 0 Å². The van der Waals surface area contributed by atoms with E-state index in [9.17, 15) is 0 Å². The predicted molar refractivity (Wildman–Crippen MR) is 66.9 cm³/mol. The molecule has 0 radical (unpaired) electrons. The van der Waals surface area contributed by atoms with E-state index in [4.69, 9.17) is 5.73 Å². The fourth-order valence-electron chi connectivity index (χ4n) is 1.32. The summed E-state index contributed by atoms with van der Waals surface area (Å²) in [6, 6.07) is 5.64. The molecule has 16 heavy (non-hydrogen) atoms. The van der Waals surface area contributed by atoms with E-state index in [0.29, 0.717) is 6.54 Å². The SMILES string of the molecule is Cn1cnnc1CNc1ccc(N)cc1Br. The van der Waals surface area contributed by atoms with Gasteiger partial charge in [-0.2, -0.15) is 0 Å². The number of aromatic nitrogens is 3. The van der Waals surface area contributed by atoms with Crippen LogP contribution in [0, 0.1) is 0 Å². The average Bonchev–Trinajstić information content (AvgIpc) is 2.63. The summed E-state index contributed by atoms with van der Waals surface area (Å²) in [5, 5.41) is 11.1. The Balaban J connectivity index is 2.08. The molecule has 6 heteroatoms. The van der Waals surface area contributed by atoms with E-state index in [0.717, 1.165) is 21.7 Å². The van der Waals surface area contributed by atoms with Gasteiger partial charge in [-0.3, -0.25) is 0 Å². The Labute approximate surface area is 102 Å². The Hall–Kier alpha value is -1.56. The smallest absolute Gasteiger partial charge is 0.151 e. The summed E-state index contributed by atoms with van der Waals surface area (Å²) in [6.07, 6.45) is 1.68. The van der Waals surface area contributed by atoms with Crippen LogP contribution in [0.1, 0.15) is 5.82 Å². The van der Waals surface area contributed by atoms with Crippen LogP contribution in [-0.2, 0) is 13.6 Å². The molecule has 0 aliphatic heterocycles. The van der Waals surface area contributed by atoms with E-state index in [2.05, 4.69) is 31.4 Å². The second-order valence-electron chi connectivity index (χ2n) is 3.45. The molecule has 0 atom stereocenters. The highest BCUT2D eigenvalue weighted by molar-refractivity contribution is 9.10. The van der Waals surface area contributed by atoms with Crippen LogP contribution in [0.3, 0.4) is 0 Å². The van der Waals surface area contributed by atoms with Crippen molar-refractivity contribution in [2.45, 2.75) is 6.54 Å². The first kappa shape index (κ1) is 10.9. The Morgan fingerprint density at radius 2 is 2.31 bits per heavy atom. The number of nitrogens with one attached hydrogen (secondary N) is 1. The van der Waals surface area contributed by atoms with Crippen LogP contribution in [0.5, 0.6) is 0 Å². The lowest BCUT2D eigenvalue weighted by Gasteiger charge is -2.08. The number of benzene rings is 1. The monoisotopic (exact) mass is 281 g/mol. The number of halogens is 1. The van der Waals surface area contributed by atoms with Gasteiger partial charge < -0.3 is 15.6 Å². The lowest BCUT2D eigenvalue weighted by Crippen LogP contribution is -2.06. The van der Waals surface area contributed by atoms with E-state index in [1.165, 1.54) is 0 Å². The van der Waals surface area contributed by atoms with Gasteiger partial charge in [0, 0.05) is 22.9 Å². The summed E-state index contributed by atoms with van der Waals surface area (Å²) >= 11 is 3.44. The first-order valence-electron chi connectivity index (χ1n) is 4.78. The van der Waals surface area contributed by atoms with Crippen molar-refractivity contribution in [2.24, 2.45) is 7.05 Å². The molecule has 0 amide bonds. The summed E-state index contributed by atoms with van der Waals surface area (Å²) in [4.78, 5) is 0. The number of hydrogen-bond donors (Lipinski definition) is 2. The van der Waals surface area contributed by atoms with Crippen LogP contribution in [0.2, 0.25) is 0 Å². The highest BCUT2D eigenvalue weighted by atomic mass is 79.9. The average molecular weight is 282 g/mol. The first-order chi connectivity index (χ1) is 7.66. The number of nitrogen functional groups attached to an aromatic ring is 1. The first-order valence-corrected chi connectivity index (χ1v) is 5.58. The molecule has 1 heterocycles. The minimum Gasteiger partial charge on any atom is -0.399 e. The van der Waals surface area contributed by atoms with Crippen molar-refractivity contribution < 1.29 is 0 Å². The fourth-order valence-corrected chi connectivity index (χ4v) is 1.85. The molecule has 0 saturated heterocycles. The molecule has 0 aliphatic rings. The topological polar surface area (TPSA) is 68.8 Å². The van der Waals surface area contributed by atoms with Crippen molar-refractivity contribution in [2.75, 3.05) is 11.1 Å². The molecule has 5 nitrogen and oxygen atoms in total. The zero-order chi connectivity index (χ0) is 11.5. The van der Waals surface area contributed by atoms with Gasteiger partial charge in [-0.1, -0.05) is 0 Å². The summed E-state index contributed by atoms with van der Waals surface area (Å²) in [5.74, 6) is 0.878. The highest BCUT2D eigenvalue weighted by Crippen LogP contribution is 2.24. The van der Waals surface area contributed by atoms with Gasteiger partial charge >= 0.3 is 0 Å². The van der Waals surface area contributed by atoms with Gasteiger partial charge in [0.2, 0.25) is 0 Å². The molecule has 84 valence electrons. The van der Waals surface area contributed by atoms with Gasteiger partial charge in [-0.25, -0.2) is 0 Å². The minimum absolute atomic E-state index is 0.624. The number of rotatable bonds is 3. The van der Waals surface area contributed by atoms with E-state index in [-0.39, 0.29) is 0 Å². The van der Waals surface area contributed by atoms with Gasteiger partial charge in [0.05, 0.1) is 6.54 Å². The summed E-state index contributed by atoms with van der Waals surface area (Å²) < 4.78 is 2.81. The summed E-state index contributed by atoms with van der Waals surface area (Å²) in [6.45, 7) is 0.624. The quantitative estimate of drug-likeness (QED) is 0.842. The van der Waals surface area contributed by atoms with Crippen molar-refractivity contribution in [1.29, 1.82) is 0 Å². The molecular weight excluding hydrogens is 270 g/mol. The molecule has 2 rings (SSSR count). The van der Waals surface area contributed by atoms with E-state index in [1.807, 2.05) is 29.8 Å². The number of hydrogen-bond acceptors (Lipinski definition) is 4. The number of aryl methyl sites for hydroxylation is 1. The molecule has 0 aliphatic carbocycles. The third-order valence-electron chi connectivity index (χ3n) is 2.24. The Morgan fingerprint density at radius 3 is 2.94 bits per heavy atom. The van der Waals surface area contributed by atoms with Crippen LogP contribution in [0.4, 0.5) is 11.4 Å². The van der Waals surface area contributed by atoms with Crippen molar-refractivity contribution in [3.63, 3.8) is 0 Å². The normalized spacial score (nSPS) is 10.4. The lowest BCUT2D eigenvalue weighted by molar-refractivity contribution is 0.812. The Morgan fingerprint density at radius 1 is 1.50 bits per heavy atom. The van der Waals surface area contributed by atoms with Crippen LogP contribution < -0.4 is 11.1 Å². The zero-order valence-corrected chi connectivity index (χ0v) is 10.4. The lowest BCUT2D eigenvalue weighted by atomic mass is 10.3. The van der Waals surface area contributed by atoms with Crippen molar-refractivity contribution in [3.05, 3.63) is 34.8 Å². The minimum atomic E-state index is 0.624. The maximum atomic E-state index is 5.66. The number of nitrogens with two attached hydrogens (primary N) is 1. The van der Waals surface area contributed by atoms with Gasteiger partial charge in [-0.15, -0.1) is 10.2 Å². The Bertz CT molecular complexity index is 494. The molecule has 0 bridgehead atoms. The maximum absolute atomic E-state index is 5.66. The van der Waals surface area contributed by atoms with Crippen LogP contribution in [0.25, 0.3) is 0 Å². The second kappa shape index (κ2) is 4.52. The van der Waals surface area contributed by atoms with Crippen LogP contribution in [-0.4, -0.2) is 14.8 Å². The molecule has 0 fully saturated rings. The molecule has 0 unspecified atom stereocenters. The zero-order valence-electron chi connectivity index (χ0n) is 8.81. The van der Waals surface area contributed by atoms with Crippen molar-refractivity contribution in [3.8, 4) is 0 Å². The van der Waals surface area contributed by atoms with E-state index < -0.39 is 0 Å². The molecular formula is C10H12BrN5. The van der Waals surface area contributed by atoms with Crippen molar-refractivity contribution >= 4 is 27.3 Å². The van der Waals surface area contributed by atoms with E-state index in [1.54, 1.807) is 6.33 Å². The highest BCUT2D eigenvalue weighted by Gasteiger charge is 2.03. The van der Waals surface area contributed by atoms with Crippen molar-refractivity contribution in [1.82, 2.24) is 14.8 Å². The van der Waals surface area contributed by atoms with Crippen LogP contribution in [0.15, 0.2) is 29.0 Å². The maximum Gasteiger partial charge on any atom is 0.151 e. The van der Waals surface area contributed by atoms with Gasteiger partial charge in [-0.05, 0) is 34.1 Å². The molecule has 1 aromatic carbocycles. The predicted octanol–water partition coefficient (Wildman–Crippen LogP) is 1.77. The van der Waals surface area contributed by atoms with Gasteiger partial charge in [0.1, 0.15) is 6.33 Å². The van der Waals surface area contributed by atoms with Gasteiger partial charge in [0.25, 0.3) is 0 Å². The van der Waals surface area contributed by atoms with Gasteiger partial charge in [0.15, 0.2) is 5.82 Å². The number of nitrogens with zero attached hydrogens (tertiary/aromatic N) is 3. The molecule has 3 N–H and O–H groups in total. The largest absolute Gasteiger partial charge is 0.399 e. The molecule has 0 saturated carbocycles. The second-order valence-corrected chi connectivity index (χ2v) is 4.31. The summed E-state index contributed by atoms with van der Waals surface area (Å²) in [5.41, 5.74) is 7.37. The standard InChI is InChI=1S/C10H12BrN5/c1-16-6-14-15-10(16)5-13-9-3-2-7(12)4-8(9)11/h2-4,6,13H,5,12H2,1H3. The third kappa shape index (κ3) is 2.33. The number of anilines is 2. The molecule has 1 aromatic heterocycles. The third-order valence-corrected chi connectivity index (χ3v) is 2.89. The fraction of sp³-hybridized carbons (Fsp3) is 0.200. The Kier molecular flexibility index (Phi) is 3.09. The molecule has 2 aromatic rings. The summed E-state index contributed by atoms with van der Waals surface area (Å²) in [7, 11) is 1.91.